The monoisotopic (exact) mass is 955 g/mol. The first kappa shape index (κ1) is 46.2. The number of hydrogen-bond acceptors (Lipinski definition) is 12. The third-order valence-corrected chi connectivity index (χ3v) is 14.1. The van der Waals surface area contributed by atoms with Gasteiger partial charge in [0.15, 0.2) is 11.5 Å². The van der Waals surface area contributed by atoms with E-state index in [9.17, 15) is 24.0 Å². The van der Waals surface area contributed by atoms with Crippen LogP contribution in [0.1, 0.15) is 92.9 Å². The number of nitrogens with one attached hydrogen (secondary N) is 4. The highest BCUT2D eigenvalue weighted by molar-refractivity contribution is 5.88. The van der Waals surface area contributed by atoms with Crippen LogP contribution in [0, 0.1) is 11.8 Å². The summed E-state index contributed by atoms with van der Waals surface area (Å²) in [5, 5.41) is 5.40. The number of hydrogen-bond donors (Lipinski definition) is 4. The quantitative estimate of drug-likeness (QED) is 0.0966. The Kier molecular flexibility index (Phi) is 12.4. The molecule has 19 nitrogen and oxygen atoms in total. The highest BCUT2D eigenvalue weighted by Gasteiger charge is 2.44. The number of ether oxygens (including phenoxy) is 5. The second-order valence-corrected chi connectivity index (χ2v) is 19.3. The molecular weight excluding hydrogens is 899 g/mol. The number of aromatic nitrogens is 4. The third kappa shape index (κ3) is 8.72. The van der Waals surface area contributed by atoms with Gasteiger partial charge in [-0.1, -0.05) is 52.0 Å². The van der Waals surface area contributed by atoms with Gasteiger partial charge in [0.2, 0.25) is 18.6 Å². The van der Waals surface area contributed by atoms with Crippen LogP contribution in [0.4, 0.5) is 14.4 Å². The topological polar surface area (TPSA) is 223 Å². The van der Waals surface area contributed by atoms with Gasteiger partial charge in [0.25, 0.3) is 0 Å². The standard InChI is InChI=1S/C51H57N9O10/c1-26(2)43(56-49(63)66-5)47(61)59-13-7-8-39(59)45-52-20-37(54-45)28-9-11-35-30(14-28)16-31-15-29(10-12-36(31)35)38-21-53-46(55-38)40-19-34(24-60(40)48(62)44(27(3)4)57-50(64)67-6)70-51(65)58-22-32-17-41-42(69-25-68-41)18-33(32)23-58/h9-12,14-15,17-18,20-21,26-27,34,39-40,43-44H,7-8,13,16,19,22-25H2,1-6H3,(H,52,54)(H,53,55)(H,56,63)(H,57,64)/t34?,39-,40?,43-,44-/m0/s1. The smallest absolute Gasteiger partial charge is 0.410 e. The van der Waals surface area contributed by atoms with E-state index >= 15 is 0 Å². The van der Waals surface area contributed by atoms with Gasteiger partial charge in [-0.15, -0.1) is 0 Å². The number of carbonyl (C=O) groups excluding carboxylic acids is 5. The number of methoxy groups -OCH3 is 2. The van der Waals surface area contributed by atoms with Gasteiger partial charge in [-0.3, -0.25) is 14.5 Å². The summed E-state index contributed by atoms with van der Waals surface area (Å²) in [6.45, 7) is 9.02. The van der Waals surface area contributed by atoms with Crippen molar-refractivity contribution >= 4 is 30.1 Å². The van der Waals surface area contributed by atoms with Crippen LogP contribution in [0.3, 0.4) is 0 Å². The molecule has 366 valence electrons. The molecule has 70 heavy (non-hydrogen) atoms. The molecule has 0 bridgehead atoms. The summed E-state index contributed by atoms with van der Waals surface area (Å²) in [5.41, 5.74) is 10.0. The second-order valence-electron chi connectivity index (χ2n) is 19.3. The SMILES string of the molecule is COC(=O)N[C@H](C(=O)N1CC(OC(=O)N2Cc3cc4c(cc3C2)OCO4)CC1c1ncc(-c2ccc3c(c2)Cc2cc(-c4cnc([C@@H]5CCCN5C(=O)[C@@H](NC(=O)OC)C(C)C)[nH]4)ccc2-3)[nH]1)C(C)C. The van der Waals surface area contributed by atoms with Crippen LogP contribution in [-0.2, 0) is 43.3 Å². The van der Waals surface area contributed by atoms with Crippen LogP contribution >= 0.6 is 0 Å². The van der Waals surface area contributed by atoms with E-state index in [0.717, 1.165) is 63.2 Å². The fourth-order valence-electron chi connectivity index (χ4n) is 10.4. The molecule has 1 aliphatic carbocycles. The lowest BCUT2D eigenvalue weighted by Gasteiger charge is -2.30. The Hall–Kier alpha value is -7.57. The molecule has 2 aromatic heterocycles. The summed E-state index contributed by atoms with van der Waals surface area (Å²) in [4.78, 5) is 87.8. The van der Waals surface area contributed by atoms with Crippen molar-refractivity contribution in [3.05, 3.63) is 94.8 Å². The summed E-state index contributed by atoms with van der Waals surface area (Å²) in [6, 6.07) is 14.1. The van der Waals surface area contributed by atoms with Crippen LogP contribution < -0.4 is 20.1 Å². The summed E-state index contributed by atoms with van der Waals surface area (Å²) in [6.07, 6.45) is 3.63. The van der Waals surface area contributed by atoms with E-state index < -0.39 is 42.5 Å². The average Bonchev–Trinajstić information content (AvgIpc) is 4.21. The highest BCUT2D eigenvalue weighted by Crippen LogP contribution is 2.43. The van der Waals surface area contributed by atoms with Gasteiger partial charge in [0.05, 0.1) is 56.6 Å². The van der Waals surface area contributed by atoms with Crippen LogP contribution in [-0.4, -0.2) is 117 Å². The number of benzene rings is 3. The lowest BCUT2D eigenvalue weighted by atomic mass is 10.0. The predicted octanol–water partition coefficient (Wildman–Crippen LogP) is 6.99. The van der Waals surface area contributed by atoms with E-state index in [1.807, 2.05) is 46.0 Å². The Balaban J connectivity index is 0.842. The highest BCUT2D eigenvalue weighted by atomic mass is 16.7. The van der Waals surface area contributed by atoms with Gasteiger partial charge in [-0.2, -0.15) is 0 Å². The number of aromatic amines is 2. The minimum absolute atomic E-state index is 0.0979. The molecule has 3 aromatic carbocycles. The van der Waals surface area contributed by atoms with E-state index in [4.69, 9.17) is 33.7 Å². The molecule has 19 heteroatoms. The fourth-order valence-corrected chi connectivity index (χ4v) is 10.4. The first-order valence-electron chi connectivity index (χ1n) is 23.8. The molecule has 5 aliphatic rings. The molecule has 5 amide bonds. The number of rotatable bonds is 11. The number of carbonyl (C=O) groups is 5. The van der Waals surface area contributed by atoms with Crippen molar-refractivity contribution in [1.29, 1.82) is 0 Å². The first-order valence-corrected chi connectivity index (χ1v) is 23.8. The Labute approximate surface area is 404 Å². The van der Waals surface area contributed by atoms with Gasteiger partial charge in [-0.25, -0.2) is 24.4 Å². The molecule has 5 atom stereocenters. The molecule has 5 aromatic rings. The number of fused-ring (bicyclic) bond motifs is 5. The van der Waals surface area contributed by atoms with Gasteiger partial charge in [0.1, 0.15) is 29.8 Å². The third-order valence-electron chi connectivity index (χ3n) is 14.1. The van der Waals surface area contributed by atoms with E-state index in [2.05, 4.69) is 57.0 Å². The molecule has 4 N–H and O–H groups in total. The summed E-state index contributed by atoms with van der Waals surface area (Å²) in [7, 11) is 2.54. The number of amides is 5. The summed E-state index contributed by atoms with van der Waals surface area (Å²) < 4.78 is 26.9. The zero-order valence-electron chi connectivity index (χ0n) is 40.0. The molecule has 0 radical (unpaired) electrons. The number of likely N-dealkylation sites (tertiary alicyclic amines) is 2. The minimum atomic E-state index is -0.901. The summed E-state index contributed by atoms with van der Waals surface area (Å²) in [5.74, 6) is 1.63. The Morgan fingerprint density at radius 3 is 1.76 bits per heavy atom. The number of H-pyrrole nitrogens is 2. The maximum Gasteiger partial charge on any atom is 0.410 e. The van der Waals surface area contributed by atoms with Crippen LogP contribution in [0.5, 0.6) is 11.5 Å². The van der Waals surface area contributed by atoms with Crippen molar-refractivity contribution in [2.45, 2.75) is 96.7 Å². The molecule has 2 fully saturated rings. The molecule has 10 rings (SSSR count). The van der Waals surface area contributed by atoms with Crippen LogP contribution in [0.2, 0.25) is 0 Å². The van der Waals surface area contributed by atoms with Crippen molar-refractivity contribution < 1.29 is 47.7 Å². The van der Waals surface area contributed by atoms with E-state index in [0.29, 0.717) is 49.2 Å². The van der Waals surface area contributed by atoms with Crippen LogP contribution in [0.25, 0.3) is 33.6 Å². The number of nitrogens with zero attached hydrogens (tertiary/aromatic N) is 5. The van der Waals surface area contributed by atoms with Crippen molar-refractivity contribution in [3.8, 4) is 45.1 Å². The summed E-state index contributed by atoms with van der Waals surface area (Å²) >= 11 is 0. The molecule has 2 saturated heterocycles. The molecular formula is C51H57N9O10. The normalized spacial score (nSPS) is 19.5. The van der Waals surface area contributed by atoms with Gasteiger partial charge in [-0.05, 0) is 99.9 Å². The lowest BCUT2D eigenvalue weighted by molar-refractivity contribution is -0.136. The van der Waals surface area contributed by atoms with Gasteiger partial charge < -0.3 is 54.1 Å². The Morgan fingerprint density at radius 2 is 1.23 bits per heavy atom. The lowest BCUT2D eigenvalue weighted by Crippen LogP contribution is -2.51. The fraction of sp³-hybridized carbons (Fsp3) is 0.431. The van der Waals surface area contributed by atoms with E-state index in [-0.39, 0.29) is 49.5 Å². The number of alkyl carbamates (subject to hydrolysis) is 2. The van der Waals surface area contributed by atoms with Gasteiger partial charge in [0, 0.05) is 26.1 Å². The van der Waals surface area contributed by atoms with Crippen molar-refractivity contribution in [2.24, 2.45) is 11.8 Å². The number of imidazole rings is 2. The largest absolute Gasteiger partial charge is 0.454 e. The van der Waals surface area contributed by atoms with Crippen molar-refractivity contribution in [1.82, 2.24) is 45.3 Å². The minimum Gasteiger partial charge on any atom is -0.454 e. The van der Waals surface area contributed by atoms with E-state index in [1.165, 1.54) is 19.8 Å². The molecule has 2 unspecified atom stereocenters. The predicted molar refractivity (Wildman–Crippen MR) is 253 cm³/mol. The van der Waals surface area contributed by atoms with E-state index in [1.54, 1.807) is 20.9 Å². The molecule has 6 heterocycles. The molecule has 0 spiro atoms. The first-order chi connectivity index (χ1) is 33.8. The zero-order chi connectivity index (χ0) is 49.0. The van der Waals surface area contributed by atoms with Crippen LogP contribution in [0.15, 0.2) is 60.9 Å². The van der Waals surface area contributed by atoms with Gasteiger partial charge >= 0.3 is 18.3 Å². The average molecular weight is 956 g/mol. The maximum absolute atomic E-state index is 14.4. The maximum atomic E-state index is 14.4. The molecule has 4 aliphatic heterocycles. The van der Waals surface area contributed by atoms with Crippen molar-refractivity contribution in [2.75, 3.05) is 34.1 Å². The second kappa shape index (κ2) is 18.7. The zero-order valence-corrected chi connectivity index (χ0v) is 40.0. The Bertz CT molecular complexity index is 2840. The Morgan fingerprint density at radius 1 is 0.700 bits per heavy atom. The molecule has 0 saturated carbocycles. The van der Waals surface area contributed by atoms with Crippen molar-refractivity contribution in [3.63, 3.8) is 0 Å².